The molecule has 1 atom stereocenters. The van der Waals surface area contributed by atoms with Gasteiger partial charge >= 0.3 is 5.97 Å². The van der Waals surface area contributed by atoms with E-state index in [1.165, 1.54) is 42.5 Å². The zero-order valence-corrected chi connectivity index (χ0v) is 19.5. The molecule has 172 valence electrons. The fourth-order valence-electron chi connectivity index (χ4n) is 3.30. The monoisotopic (exact) mass is 499 g/mol. The molecule has 9 nitrogen and oxygen atoms in total. The Balaban J connectivity index is 1.58. The molecule has 32 heavy (non-hydrogen) atoms. The van der Waals surface area contributed by atoms with Crippen LogP contribution in [0, 0.1) is 0 Å². The Kier molecular flexibility index (Phi) is 7.55. The highest BCUT2D eigenvalue weighted by molar-refractivity contribution is 7.89. The van der Waals surface area contributed by atoms with Crippen LogP contribution in [0.25, 0.3) is 0 Å². The molecule has 12 heteroatoms. The van der Waals surface area contributed by atoms with E-state index in [0.29, 0.717) is 15.6 Å². The summed E-state index contributed by atoms with van der Waals surface area (Å²) in [5.74, 6) is -2.22. The summed E-state index contributed by atoms with van der Waals surface area (Å²) >= 11 is 7.04. The molecule has 0 saturated carbocycles. The SMILES string of the molecule is C[C@@H](NS(=O)(=O)c1ccc(Cl)cc1)C(=O)OCC(=O)Nc1sc2c(c1C(N)=O)CCCC2. The molecule has 0 spiro atoms. The molecule has 0 unspecified atom stereocenters. The molecule has 0 bridgehead atoms. The first-order valence-corrected chi connectivity index (χ1v) is 12.4. The van der Waals surface area contributed by atoms with Gasteiger partial charge in [0.15, 0.2) is 6.61 Å². The van der Waals surface area contributed by atoms with Gasteiger partial charge in [-0.3, -0.25) is 14.4 Å². The Morgan fingerprint density at radius 1 is 1.19 bits per heavy atom. The smallest absolute Gasteiger partial charge is 0.324 e. The maximum absolute atomic E-state index is 12.4. The molecule has 0 radical (unpaired) electrons. The summed E-state index contributed by atoms with van der Waals surface area (Å²) < 4.78 is 31.8. The van der Waals surface area contributed by atoms with Crippen molar-refractivity contribution in [3.8, 4) is 0 Å². The Labute approximate surface area is 194 Å². The first-order valence-electron chi connectivity index (χ1n) is 9.77. The van der Waals surface area contributed by atoms with Crippen molar-refractivity contribution in [1.29, 1.82) is 0 Å². The first-order chi connectivity index (χ1) is 15.1. The summed E-state index contributed by atoms with van der Waals surface area (Å²) in [5.41, 5.74) is 6.66. The molecule has 1 aliphatic carbocycles. The third kappa shape index (κ3) is 5.66. The van der Waals surface area contributed by atoms with Gasteiger partial charge < -0.3 is 15.8 Å². The summed E-state index contributed by atoms with van der Waals surface area (Å²) in [6.45, 7) is 0.652. The molecule has 0 aliphatic heterocycles. The second kappa shape index (κ2) is 9.99. The lowest BCUT2D eigenvalue weighted by atomic mass is 9.95. The number of halogens is 1. The molecule has 4 N–H and O–H groups in total. The largest absolute Gasteiger partial charge is 0.454 e. The van der Waals surface area contributed by atoms with Crippen molar-refractivity contribution in [2.45, 2.75) is 43.5 Å². The molecule has 2 aromatic rings. The van der Waals surface area contributed by atoms with E-state index in [4.69, 9.17) is 22.1 Å². The molecule has 2 amide bonds. The van der Waals surface area contributed by atoms with Gasteiger partial charge in [-0.2, -0.15) is 4.72 Å². The third-order valence-electron chi connectivity index (χ3n) is 4.83. The number of primary amides is 1. The first kappa shape index (κ1) is 24.2. The van der Waals surface area contributed by atoms with E-state index >= 15 is 0 Å². The van der Waals surface area contributed by atoms with E-state index in [-0.39, 0.29) is 4.90 Å². The van der Waals surface area contributed by atoms with E-state index in [9.17, 15) is 22.8 Å². The van der Waals surface area contributed by atoms with Crippen LogP contribution >= 0.6 is 22.9 Å². The van der Waals surface area contributed by atoms with Crippen molar-refractivity contribution in [3.05, 3.63) is 45.3 Å². The number of nitrogens with two attached hydrogens (primary N) is 1. The molecule has 1 heterocycles. The highest BCUT2D eigenvalue weighted by Crippen LogP contribution is 2.37. The van der Waals surface area contributed by atoms with Crippen molar-refractivity contribution in [2.75, 3.05) is 11.9 Å². The number of rotatable bonds is 8. The van der Waals surface area contributed by atoms with Crippen LogP contribution in [0.4, 0.5) is 5.00 Å². The van der Waals surface area contributed by atoms with Crippen LogP contribution in [0.3, 0.4) is 0 Å². The van der Waals surface area contributed by atoms with Gasteiger partial charge in [0.2, 0.25) is 10.0 Å². The summed E-state index contributed by atoms with van der Waals surface area (Å²) in [7, 11) is -3.99. The second-order valence-corrected chi connectivity index (χ2v) is 10.5. The molecule has 1 aliphatic rings. The second-order valence-electron chi connectivity index (χ2n) is 7.23. The molecule has 0 saturated heterocycles. The van der Waals surface area contributed by atoms with Gasteiger partial charge in [0.1, 0.15) is 11.0 Å². The van der Waals surface area contributed by atoms with E-state index in [1.54, 1.807) is 0 Å². The fraction of sp³-hybridized carbons (Fsp3) is 0.350. The number of carbonyl (C=O) groups excluding carboxylic acids is 3. The number of anilines is 1. The lowest BCUT2D eigenvalue weighted by Crippen LogP contribution is -2.40. The van der Waals surface area contributed by atoms with Gasteiger partial charge in [-0.05, 0) is 62.4 Å². The number of hydrogen-bond acceptors (Lipinski definition) is 7. The minimum Gasteiger partial charge on any atom is -0.454 e. The lowest BCUT2D eigenvalue weighted by molar-refractivity contribution is -0.148. The van der Waals surface area contributed by atoms with Crippen LogP contribution in [0.15, 0.2) is 29.2 Å². The van der Waals surface area contributed by atoms with Gasteiger partial charge in [0.25, 0.3) is 11.8 Å². The zero-order chi connectivity index (χ0) is 23.5. The van der Waals surface area contributed by atoms with Gasteiger partial charge in [0, 0.05) is 9.90 Å². The van der Waals surface area contributed by atoms with Crippen LogP contribution < -0.4 is 15.8 Å². The van der Waals surface area contributed by atoms with Crippen molar-refractivity contribution < 1.29 is 27.5 Å². The molecule has 1 aromatic carbocycles. The number of ether oxygens (including phenoxy) is 1. The minimum atomic E-state index is -3.99. The average Bonchev–Trinajstić information content (AvgIpc) is 3.09. The van der Waals surface area contributed by atoms with Crippen LogP contribution in [-0.4, -0.2) is 38.9 Å². The number of esters is 1. The Morgan fingerprint density at radius 2 is 1.84 bits per heavy atom. The average molecular weight is 500 g/mol. The van der Waals surface area contributed by atoms with E-state index in [1.807, 2.05) is 0 Å². The number of sulfonamides is 1. The predicted molar refractivity (Wildman–Crippen MR) is 120 cm³/mol. The predicted octanol–water partition coefficient (Wildman–Crippen LogP) is 2.23. The van der Waals surface area contributed by atoms with Crippen molar-refractivity contribution >= 4 is 55.7 Å². The summed E-state index contributed by atoms with van der Waals surface area (Å²) in [6, 6.07) is 4.18. The number of nitrogens with one attached hydrogen (secondary N) is 2. The molecular formula is C20H22ClN3O6S2. The minimum absolute atomic E-state index is 0.0695. The summed E-state index contributed by atoms with van der Waals surface area (Å²) in [6.07, 6.45) is 3.48. The van der Waals surface area contributed by atoms with Crippen molar-refractivity contribution in [3.63, 3.8) is 0 Å². The number of aryl methyl sites for hydroxylation is 1. The number of hydrogen-bond donors (Lipinski definition) is 3. The van der Waals surface area contributed by atoms with Crippen LogP contribution in [0.2, 0.25) is 5.02 Å². The highest BCUT2D eigenvalue weighted by atomic mass is 35.5. The fourth-order valence-corrected chi connectivity index (χ4v) is 5.93. The van der Waals surface area contributed by atoms with Crippen LogP contribution in [-0.2, 0) is 37.2 Å². The number of fused-ring (bicyclic) bond motifs is 1. The standard InChI is InChI=1S/C20H22ClN3O6S2/c1-11(24-32(28,29)13-8-6-12(21)7-9-13)20(27)30-10-16(25)23-19-17(18(22)26)14-4-2-3-5-15(14)31-19/h6-9,11,24H,2-5,10H2,1H3,(H2,22,26)(H,23,25)/t11-/m1/s1. The third-order valence-corrected chi connectivity index (χ3v) is 7.84. The summed E-state index contributed by atoms with van der Waals surface area (Å²) in [4.78, 5) is 37.3. The van der Waals surface area contributed by atoms with Crippen molar-refractivity contribution in [2.24, 2.45) is 5.73 Å². The zero-order valence-electron chi connectivity index (χ0n) is 17.1. The molecule has 1 aromatic heterocycles. The van der Waals surface area contributed by atoms with Crippen molar-refractivity contribution in [1.82, 2.24) is 4.72 Å². The Bertz CT molecular complexity index is 1140. The van der Waals surface area contributed by atoms with Crippen LogP contribution in [0.5, 0.6) is 0 Å². The maximum atomic E-state index is 12.4. The summed E-state index contributed by atoms with van der Waals surface area (Å²) in [5, 5.41) is 3.28. The number of thiophene rings is 1. The number of amides is 2. The molecule has 3 rings (SSSR count). The van der Waals surface area contributed by atoms with Gasteiger partial charge in [-0.25, -0.2) is 8.42 Å². The quantitative estimate of drug-likeness (QED) is 0.475. The maximum Gasteiger partial charge on any atom is 0.324 e. The van der Waals surface area contributed by atoms with Crippen LogP contribution in [0.1, 0.15) is 40.6 Å². The Morgan fingerprint density at radius 3 is 2.50 bits per heavy atom. The normalized spacial score (nSPS) is 14.3. The van der Waals surface area contributed by atoms with E-state index < -0.39 is 40.5 Å². The number of benzene rings is 1. The van der Waals surface area contributed by atoms with Gasteiger partial charge in [-0.1, -0.05) is 11.6 Å². The topological polar surface area (TPSA) is 145 Å². The van der Waals surface area contributed by atoms with Gasteiger partial charge in [-0.15, -0.1) is 11.3 Å². The number of carbonyl (C=O) groups is 3. The van der Waals surface area contributed by atoms with E-state index in [0.717, 1.165) is 36.1 Å². The molecular weight excluding hydrogens is 478 g/mol. The van der Waals surface area contributed by atoms with Gasteiger partial charge in [0.05, 0.1) is 10.5 Å². The molecule has 0 fully saturated rings. The highest BCUT2D eigenvalue weighted by Gasteiger charge is 2.26. The Hall–Kier alpha value is -2.47. The van der Waals surface area contributed by atoms with E-state index in [2.05, 4.69) is 10.0 Å². The lowest BCUT2D eigenvalue weighted by Gasteiger charge is -2.14.